The van der Waals surface area contributed by atoms with E-state index in [0.717, 1.165) is 11.3 Å². The van der Waals surface area contributed by atoms with Gasteiger partial charge in [0.05, 0.1) is 19.6 Å². The van der Waals surface area contributed by atoms with Crippen molar-refractivity contribution >= 4 is 23.4 Å². The maximum atomic E-state index is 12.6. The van der Waals surface area contributed by atoms with Crippen LogP contribution in [0.5, 0.6) is 5.75 Å². The zero-order chi connectivity index (χ0) is 21.5. The fourth-order valence-electron chi connectivity index (χ4n) is 3.49. The predicted octanol–water partition coefficient (Wildman–Crippen LogP) is 2.21. The Kier molecular flexibility index (Phi) is 7.06. The molecule has 158 valence electrons. The first-order valence-electron chi connectivity index (χ1n) is 10.1. The number of anilines is 1. The molecule has 0 aliphatic carbocycles. The quantitative estimate of drug-likeness (QED) is 0.725. The first-order chi connectivity index (χ1) is 14.5. The van der Waals surface area contributed by atoms with Crippen molar-refractivity contribution in [2.24, 2.45) is 5.92 Å². The minimum absolute atomic E-state index is 0.0767. The van der Waals surface area contributed by atoms with Crippen LogP contribution in [0, 0.1) is 5.92 Å². The van der Waals surface area contributed by atoms with Gasteiger partial charge in [0.1, 0.15) is 5.75 Å². The molecule has 0 aromatic heterocycles. The number of carbonyl (C=O) groups excluding carboxylic acids is 3. The maximum absolute atomic E-state index is 12.6. The Morgan fingerprint density at radius 1 is 1.13 bits per heavy atom. The van der Waals surface area contributed by atoms with Crippen LogP contribution in [0.25, 0.3) is 0 Å². The van der Waals surface area contributed by atoms with Crippen LogP contribution in [0.4, 0.5) is 5.69 Å². The van der Waals surface area contributed by atoms with Crippen molar-refractivity contribution in [2.45, 2.75) is 19.9 Å². The average Bonchev–Trinajstić information content (AvgIpc) is 3.18. The Labute approximate surface area is 176 Å². The lowest BCUT2D eigenvalue weighted by atomic mass is 10.1. The molecule has 1 fully saturated rings. The number of rotatable bonds is 8. The van der Waals surface area contributed by atoms with Gasteiger partial charge >= 0.3 is 0 Å². The van der Waals surface area contributed by atoms with Gasteiger partial charge in [0.15, 0.2) is 0 Å². The van der Waals surface area contributed by atoms with E-state index in [0.29, 0.717) is 25.4 Å². The topological polar surface area (TPSA) is 79.0 Å². The Morgan fingerprint density at radius 3 is 2.47 bits per heavy atom. The van der Waals surface area contributed by atoms with Gasteiger partial charge in [0.2, 0.25) is 17.7 Å². The molecular weight excluding hydrogens is 382 g/mol. The van der Waals surface area contributed by atoms with Gasteiger partial charge in [-0.2, -0.15) is 0 Å². The van der Waals surface area contributed by atoms with Crippen molar-refractivity contribution in [3.8, 4) is 5.75 Å². The molecule has 0 spiro atoms. The third-order valence-corrected chi connectivity index (χ3v) is 5.24. The summed E-state index contributed by atoms with van der Waals surface area (Å²) in [6, 6.07) is 16.9. The van der Waals surface area contributed by atoms with Crippen LogP contribution >= 0.6 is 0 Å². The number of likely N-dealkylation sites (N-methyl/N-ethyl adjacent to an activating group) is 1. The third-order valence-electron chi connectivity index (χ3n) is 5.24. The monoisotopic (exact) mass is 409 g/mol. The van der Waals surface area contributed by atoms with Gasteiger partial charge in [0, 0.05) is 31.7 Å². The standard InChI is InChI=1S/C23H27N3O4/c1-3-25(15-17-7-5-4-6-8-17)22(28)14-24-23(29)18-13-21(27)26(16-18)19-9-11-20(30-2)12-10-19/h4-12,18H,3,13-16H2,1-2H3,(H,24,29). The minimum atomic E-state index is -0.475. The summed E-state index contributed by atoms with van der Waals surface area (Å²) in [4.78, 5) is 40.8. The van der Waals surface area contributed by atoms with Gasteiger partial charge in [-0.1, -0.05) is 30.3 Å². The molecule has 1 aliphatic rings. The molecule has 3 amide bonds. The number of hydrogen-bond acceptors (Lipinski definition) is 4. The number of amides is 3. The lowest BCUT2D eigenvalue weighted by molar-refractivity contribution is -0.134. The highest BCUT2D eigenvalue weighted by molar-refractivity contribution is 6.00. The van der Waals surface area contributed by atoms with E-state index in [1.165, 1.54) is 0 Å². The predicted molar refractivity (Wildman–Crippen MR) is 114 cm³/mol. The number of carbonyl (C=O) groups is 3. The largest absolute Gasteiger partial charge is 0.497 e. The Bertz CT molecular complexity index is 883. The van der Waals surface area contributed by atoms with Crippen LogP contribution < -0.4 is 15.0 Å². The van der Waals surface area contributed by atoms with Gasteiger partial charge in [-0.3, -0.25) is 14.4 Å². The molecular formula is C23H27N3O4. The molecule has 7 nitrogen and oxygen atoms in total. The van der Waals surface area contributed by atoms with Crippen molar-refractivity contribution in [1.29, 1.82) is 0 Å². The highest BCUT2D eigenvalue weighted by Gasteiger charge is 2.35. The summed E-state index contributed by atoms with van der Waals surface area (Å²) >= 11 is 0. The van der Waals surface area contributed by atoms with E-state index in [9.17, 15) is 14.4 Å². The highest BCUT2D eigenvalue weighted by Crippen LogP contribution is 2.26. The molecule has 1 saturated heterocycles. The zero-order valence-corrected chi connectivity index (χ0v) is 17.3. The van der Waals surface area contributed by atoms with Crippen LogP contribution in [0.2, 0.25) is 0 Å². The van der Waals surface area contributed by atoms with Gasteiger partial charge in [-0.15, -0.1) is 0 Å². The molecule has 1 N–H and O–H groups in total. The van der Waals surface area contributed by atoms with E-state index in [2.05, 4.69) is 5.32 Å². The first-order valence-corrected chi connectivity index (χ1v) is 10.1. The number of benzene rings is 2. The van der Waals surface area contributed by atoms with E-state index >= 15 is 0 Å². The summed E-state index contributed by atoms with van der Waals surface area (Å²) in [7, 11) is 1.58. The summed E-state index contributed by atoms with van der Waals surface area (Å²) in [6.45, 7) is 3.18. The van der Waals surface area contributed by atoms with E-state index in [4.69, 9.17) is 4.74 Å². The van der Waals surface area contributed by atoms with Gasteiger partial charge in [-0.25, -0.2) is 0 Å². The van der Waals surface area contributed by atoms with Crippen molar-refractivity contribution in [3.05, 3.63) is 60.2 Å². The number of nitrogens with one attached hydrogen (secondary N) is 1. The normalized spacial score (nSPS) is 15.7. The maximum Gasteiger partial charge on any atom is 0.242 e. The molecule has 0 radical (unpaired) electrons. The molecule has 30 heavy (non-hydrogen) atoms. The number of methoxy groups -OCH3 is 1. The smallest absolute Gasteiger partial charge is 0.242 e. The number of nitrogens with zero attached hydrogens (tertiary/aromatic N) is 2. The molecule has 1 atom stereocenters. The zero-order valence-electron chi connectivity index (χ0n) is 17.3. The summed E-state index contributed by atoms with van der Waals surface area (Å²) in [5.74, 6) is -0.300. The van der Waals surface area contributed by atoms with Crippen molar-refractivity contribution in [2.75, 3.05) is 31.6 Å². The second-order valence-electron chi connectivity index (χ2n) is 7.21. The summed E-state index contributed by atoms with van der Waals surface area (Å²) in [5, 5.41) is 2.71. The molecule has 1 heterocycles. The van der Waals surface area contributed by atoms with E-state index in [1.54, 1.807) is 41.2 Å². The van der Waals surface area contributed by atoms with Gasteiger partial charge < -0.3 is 19.9 Å². The molecule has 1 aliphatic heterocycles. The first kappa shape index (κ1) is 21.4. The Balaban J connectivity index is 1.52. The van der Waals surface area contributed by atoms with Crippen molar-refractivity contribution in [1.82, 2.24) is 10.2 Å². The molecule has 2 aromatic rings. The second-order valence-corrected chi connectivity index (χ2v) is 7.21. The van der Waals surface area contributed by atoms with Gasteiger partial charge in [-0.05, 0) is 36.8 Å². The number of ether oxygens (including phenoxy) is 1. The molecule has 1 unspecified atom stereocenters. The summed E-state index contributed by atoms with van der Waals surface area (Å²) in [6.07, 6.45) is 0.133. The minimum Gasteiger partial charge on any atom is -0.497 e. The van der Waals surface area contributed by atoms with E-state index < -0.39 is 5.92 Å². The molecule has 0 saturated carbocycles. The van der Waals surface area contributed by atoms with Crippen LogP contribution in [0.1, 0.15) is 18.9 Å². The Hall–Kier alpha value is -3.35. The highest BCUT2D eigenvalue weighted by atomic mass is 16.5. The third kappa shape index (κ3) is 5.17. The van der Waals surface area contributed by atoms with Gasteiger partial charge in [0.25, 0.3) is 0 Å². The lowest BCUT2D eigenvalue weighted by Crippen LogP contribution is -2.42. The van der Waals surface area contributed by atoms with E-state index in [1.807, 2.05) is 37.3 Å². The molecule has 7 heteroatoms. The fourth-order valence-corrected chi connectivity index (χ4v) is 3.49. The molecule has 3 rings (SSSR count). The van der Waals surface area contributed by atoms with Crippen LogP contribution in [-0.4, -0.2) is 49.4 Å². The molecule has 2 aromatic carbocycles. The van der Waals surface area contributed by atoms with E-state index in [-0.39, 0.29) is 30.7 Å². The number of hydrogen-bond donors (Lipinski definition) is 1. The average molecular weight is 409 g/mol. The lowest BCUT2D eigenvalue weighted by Gasteiger charge is -2.22. The van der Waals surface area contributed by atoms with Crippen molar-refractivity contribution < 1.29 is 19.1 Å². The van der Waals surface area contributed by atoms with Crippen LogP contribution in [0.3, 0.4) is 0 Å². The SMILES string of the molecule is CCN(Cc1ccccc1)C(=O)CNC(=O)C1CC(=O)N(c2ccc(OC)cc2)C1. The van der Waals surface area contributed by atoms with Crippen LogP contribution in [-0.2, 0) is 20.9 Å². The fraction of sp³-hybridized carbons (Fsp3) is 0.348. The molecule has 0 bridgehead atoms. The summed E-state index contributed by atoms with van der Waals surface area (Å²) in [5.41, 5.74) is 1.77. The van der Waals surface area contributed by atoms with Crippen molar-refractivity contribution in [3.63, 3.8) is 0 Å². The summed E-state index contributed by atoms with van der Waals surface area (Å²) < 4.78 is 5.13. The Morgan fingerprint density at radius 2 is 1.83 bits per heavy atom. The second kappa shape index (κ2) is 9.91. The van der Waals surface area contributed by atoms with Crippen LogP contribution in [0.15, 0.2) is 54.6 Å².